The zero-order valence-corrected chi connectivity index (χ0v) is 14.0. The molecule has 1 aliphatic heterocycles. The summed E-state index contributed by atoms with van der Waals surface area (Å²) in [6.07, 6.45) is 0. The maximum absolute atomic E-state index is 12.3. The van der Waals surface area contributed by atoms with Crippen LogP contribution >= 0.6 is 23.1 Å². The lowest BCUT2D eigenvalue weighted by Crippen LogP contribution is -2.32. The van der Waals surface area contributed by atoms with Gasteiger partial charge in [0.25, 0.3) is 5.91 Å². The Morgan fingerprint density at radius 2 is 2.09 bits per heavy atom. The highest BCUT2D eigenvalue weighted by Crippen LogP contribution is 2.31. The van der Waals surface area contributed by atoms with Crippen molar-refractivity contribution in [3.05, 3.63) is 42.0 Å². The Morgan fingerprint density at radius 3 is 2.78 bits per heavy atom. The van der Waals surface area contributed by atoms with Gasteiger partial charge in [-0.25, -0.2) is 0 Å². The average molecular weight is 346 g/mol. The van der Waals surface area contributed by atoms with Crippen molar-refractivity contribution in [3.63, 3.8) is 0 Å². The molecule has 0 aliphatic carbocycles. The van der Waals surface area contributed by atoms with Crippen LogP contribution in [0, 0.1) is 0 Å². The summed E-state index contributed by atoms with van der Waals surface area (Å²) in [5.41, 5.74) is 1.88. The molecule has 6 nitrogen and oxygen atoms in total. The molecule has 0 unspecified atom stereocenters. The number of hydrogen-bond donors (Lipinski definition) is 1. The third-order valence-electron chi connectivity index (χ3n) is 3.26. The van der Waals surface area contributed by atoms with Gasteiger partial charge in [0.2, 0.25) is 11.0 Å². The lowest BCUT2D eigenvalue weighted by molar-refractivity contribution is -0.116. The van der Waals surface area contributed by atoms with Gasteiger partial charge in [-0.05, 0) is 11.8 Å². The van der Waals surface area contributed by atoms with E-state index in [2.05, 4.69) is 22.1 Å². The molecule has 0 atom stereocenters. The second-order valence-corrected chi connectivity index (χ2v) is 7.23. The first-order valence-electron chi connectivity index (χ1n) is 6.96. The van der Waals surface area contributed by atoms with E-state index in [4.69, 9.17) is 0 Å². The van der Waals surface area contributed by atoms with E-state index in [0.717, 1.165) is 15.7 Å². The van der Waals surface area contributed by atoms with Crippen molar-refractivity contribution < 1.29 is 9.59 Å². The molecule has 0 saturated carbocycles. The third kappa shape index (κ3) is 3.13. The van der Waals surface area contributed by atoms with Crippen LogP contribution in [0.5, 0.6) is 0 Å². The molecule has 1 aromatic heterocycles. The number of fused-ring (bicyclic) bond motifs is 1. The monoisotopic (exact) mass is 346 g/mol. The minimum atomic E-state index is -0.323. The molecule has 1 aromatic carbocycles. The van der Waals surface area contributed by atoms with Crippen molar-refractivity contribution in [1.29, 1.82) is 0 Å². The summed E-state index contributed by atoms with van der Waals surface area (Å²) in [7, 11) is 0. The number of nitrogens with zero attached hydrogens (tertiary/aromatic N) is 3. The Balaban J connectivity index is 1.66. The van der Waals surface area contributed by atoms with Crippen LogP contribution in [-0.2, 0) is 4.79 Å². The molecule has 1 N–H and O–H groups in total. The number of carbonyl (C=O) groups excluding carboxylic acids is 2. The number of rotatable bonds is 5. The van der Waals surface area contributed by atoms with Gasteiger partial charge in [-0.2, -0.15) is 0 Å². The lowest BCUT2D eigenvalue weighted by Gasteiger charge is -2.16. The van der Waals surface area contributed by atoms with Crippen LogP contribution in [0.2, 0.25) is 0 Å². The van der Waals surface area contributed by atoms with Crippen molar-refractivity contribution >= 4 is 45.7 Å². The van der Waals surface area contributed by atoms with Crippen LogP contribution in [0.25, 0.3) is 5.70 Å². The highest BCUT2D eigenvalue weighted by atomic mass is 32.2. The van der Waals surface area contributed by atoms with Crippen LogP contribution in [0.1, 0.15) is 22.8 Å². The van der Waals surface area contributed by atoms with Gasteiger partial charge in [0.1, 0.15) is 6.54 Å². The van der Waals surface area contributed by atoms with E-state index in [-0.39, 0.29) is 18.4 Å². The second kappa shape index (κ2) is 6.51. The van der Waals surface area contributed by atoms with E-state index >= 15 is 0 Å². The van der Waals surface area contributed by atoms with Crippen LogP contribution in [-0.4, -0.2) is 39.2 Å². The highest BCUT2D eigenvalue weighted by Gasteiger charge is 2.31. The molecule has 8 heteroatoms. The second-order valence-electron chi connectivity index (χ2n) is 4.74. The molecule has 0 fully saturated rings. The summed E-state index contributed by atoms with van der Waals surface area (Å²) in [5.74, 6) is 0.361. The predicted octanol–water partition coefficient (Wildman–Crippen LogP) is 2.72. The molecular formula is C15H14N4O2S2. The summed E-state index contributed by atoms with van der Waals surface area (Å²) in [4.78, 5) is 25.9. The maximum Gasteiger partial charge on any atom is 0.259 e. The standard InChI is InChI=1S/C15H14N4O2S2/c1-3-22-15-18-17-14(23-15)16-12(20)8-19-9(2)10-6-4-5-7-11(10)13(19)21/h4-7H,2-3,8H2,1H3,(H,16,17,20). The van der Waals surface area contributed by atoms with Crippen molar-refractivity contribution in [3.8, 4) is 0 Å². The topological polar surface area (TPSA) is 75.2 Å². The number of carbonyl (C=O) groups is 2. The molecule has 0 saturated heterocycles. The van der Waals surface area contributed by atoms with Crippen molar-refractivity contribution in [1.82, 2.24) is 15.1 Å². The van der Waals surface area contributed by atoms with Crippen LogP contribution in [0.4, 0.5) is 5.13 Å². The highest BCUT2D eigenvalue weighted by molar-refractivity contribution is 8.01. The Bertz CT molecular complexity index is 752. The number of benzene rings is 1. The van der Waals surface area contributed by atoms with Gasteiger partial charge in [0.15, 0.2) is 4.34 Å². The number of nitrogens with one attached hydrogen (secondary N) is 1. The molecular weight excluding hydrogens is 332 g/mol. The quantitative estimate of drug-likeness (QED) is 0.665. The van der Waals surface area contributed by atoms with Crippen LogP contribution < -0.4 is 5.32 Å². The fourth-order valence-electron chi connectivity index (χ4n) is 2.25. The van der Waals surface area contributed by atoms with Gasteiger partial charge >= 0.3 is 0 Å². The first-order chi connectivity index (χ1) is 11.1. The Morgan fingerprint density at radius 1 is 1.35 bits per heavy atom. The SMILES string of the molecule is C=C1c2ccccc2C(=O)N1CC(=O)Nc1nnc(SCC)s1. The number of anilines is 1. The molecule has 118 valence electrons. The molecule has 2 aromatic rings. The van der Waals surface area contributed by atoms with E-state index < -0.39 is 0 Å². The van der Waals surface area contributed by atoms with Crippen molar-refractivity contribution in [2.24, 2.45) is 0 Å². The van der Waals surface area contributed by atoms with Gasteiger partial charge < -0.3 is 0 Å². The van der Waals surface area contributed by atoms with Gasteiger partial charge in [0, 0.05) is 16.8 Å². The average Bonchev–Trinajstić information content (AvgIpc) is 3.07. The number of amides is 2. The minimum absolute atomic E-state index is 0.0951. The molecule has 2 heterocycles. The zero-order valence-electron chi connectivity index (χ0n) is 12.4. The fraction of sp³-hybridized carbons (Fsp3) is 0.200. The number of aromatic nitrogens is 2. The smallest absolute Gasteiger partial charge is 0.259 e. The van der Waals surface area contributed by atoms with E-state index in [0.29, 0.717) is 16.4 Å². The van der Waals surface area contributed by atoms with Gasteiger partial charge in [-0.15, -0.1) is 10.2 Å². The molecule has 3 rings (SSSR count). The molecule has 23 heavy (non-hydrogen) atoms. The predicted molar refractivity (Wildman–Crippen MR) is 91.4 cm³/mol. The molecule has 2 amide bonds. The lowest BCUT2D eigenvalue weighted by atomic mass is 10.1. The molecule has 1 aliphatic rings. The summed E-state index contributed by atoms with van der Waals surface area (Å²) >= 11 is 2.88. The Labute approximate surface area is 141 Å². The van der Waals surface area contributed by atoms with E-state index in [9.17, 15) is 9.59 Å². The summed E-state index contributed by atoms with van der Waals surface area (Å²) in [5, 5.41) is 11.0. The minimum Gasteiger partial charge on any atom is -0.299 e. The number of hydrogen-bond acceptors (Lipinski definition) is 6. The largest absolute Gasteiger partial charge is 0.299 e. The first-order valence-corrected chi connectivity index (χ1v) is 8.76. The Kier molecular flexibility index (Phi) is 4.44. The van der Waals surface area contributed by atoms with Crippen LogP contribution in [0.3, 0.4) is 0 Å². The van der Waals surface area contributed by atoms with Gasteiger partial charge in [0.05, 0.1) is 0 Å². The fourth-order valence-corrected chi connectivity index (χ4v) is 3.91. The van der Waals surface area contributed by atoms with Crippen molar-refractivity contribution in [2.75, 3.05) is 17.6 Å². The zero-order chi connectivity index (χ0) is 16.4. The normalized spacial score (nSPS) is 13.3. The summed E-state index contributed by atoms with van der Waals surface area (Å²) < 4.78 is 0.803. The Hall–Kier alpha value is -2.19. The van der Waals surface area contributed by atoms with Gasteiger partial charge in [-0.1, -0.05) is 54.8 Å². The van der Waals surface area contributed by atoms with Crippen LogP contribution in [0.15, 0.2) is 35.2 Å². The first kappa shape index (κ1) is 15.7. The maximum atomic E-state index is 12.3. The van der Waals surface area contributed by atoms with E-state index in [1.165, 1.54) is 16.2 Å². The molecule has 0 radical (unpaired) electrons. The number of thioether (sulfide) groups is 1. The summed E-state index contributed by atoms with van der Waals surface area (Å²) in [6, 6.07) is 7.20. The van der Waals surface area contributed by atoms with Gasteiger partial charge in [-0.3, -0.25) is 19.8 Å². The molecule has 0 spiro atoms. The third-order valence-corrected chi connectivity index (χ3v) is 5.12. The molecule has 0 bridgehead atoms. The van der Waals surface area contributed by atoms with Crippen molar-refractivity contribution in [2.45, 2.75) is 11.3 Å². The summed E-state index contributed by atoms with van der Waals surface area (Å²) in [6.45, 7) is 5.84. The van der Waals surface area contributed by atoms with E-state index in [1.54, 1.807) is 23.9 Å². The van der Waals surface area contributed by atoms with E-state index in [1.807, 2.05) is 19.1 Å².